The third kappa shape index (κ3) is 3.69. The maximum atomic E-state index is 13.7. The zero-order valence-electron chi connectivity index (χ0n) is 10.2. The molecule has 0 aliphatic carbocycles. The molecular formula is C14H6F5NO. The second kappa shape index (κ2) is 5.40. The maximum absolute atomic E-state index is 13.7. The molecule has 0 bridgehead atoms. The molecule has 0 aliphatic rings. The average Bonchev–Trinajstić information content (AvgIpc) is 2.36. The van der Waals surface area contributed by atoms with E-state index in [1.807, 2.05) is 0 Å². The molecule has 108 valence electrons. The first kappa shape index (κ1) is 14.8. The van der Waals surface area contributed by atoms with E-state index in [9.17, 15) is 22.0 Å². The SMILES string of the molecule is N#Cc1cc(OC(F)(F)F)cc(-c2ccc(F)cc2F)c1. The molecule has 0 unspecified atom stereocenters. The molecule has 0 aliphatic heterocycles. The van der Waals surface area contributed by atoms with Gasteiger partial charge in [-0.2, -0.15) is 5.26 Å². The Morgan fingerprint density at radius 2 is 1.71 bits per heavy atom. The summed E-state index contributed by atoms with van der Waals surface area (Å²) in [5.74, 6) is -2.43. The predicted molar refractivity (Wildman–Crippen MR) is 63.2 cm³/mol. The molecule has 0 spiro atoms. The van der Waals surface area contributed by atoms with Crippen LogP contribution in [0, 0.1) is 23.0 Å². The van der Waals surface area contributed by atoms with Crippen molar-refractivity contribution in [2.75, 3.05) is 0 Å². The number of halogens is 5. The van der Waals surface area contributed by atoms with Crippen molar-refractivity contribution in [3.8, 4) is 22.9 Å². The highest BCUT2D eigenvalue weighted by atomic mass is 19.4. The van der Waals surface area contributed by atoms with Gasteiger partial charge in [-0.05, 0) is 35.9 Å². The molecule has 2 aromatic rings. The highest BCUT2D eigenvalue weighted by Gasteiger charge is 2.31. The normalized spacial score (nSPS) is 11.0. The quantitative estimate of drug-likeness (QED) is 0.770. The van der Waals surface area contributed by atoms with Gasteiger partial charge in [-0.15, -0.1) is 13.2 Å². The number of hydrogen-bond donors (Lipinski definition) is 0. The Balaban J connectivity index is 2.53. The van der Waals surface area contributed by atoms with Crippen LogP contribution >= 0.6 is 0 Å². The number of nitriles is 1. The molecule has 2 rings (SSSR count). The van der Waals surface area contributed by atoms with Gasteiger partial charge in [-0.25, -0.2) is 8.78 Å². The summed E-state index contributed by atoms with van der Waals surface area (Å²) in [5.41, 5.74) is -0.304. The van der Waals surface area contributed by atoms with E-state index in [1.165, 1.54) is 6.07 Å². The van der Waals surface area contributed by atoms with Gasteiger partial charge in [-0.1, -0.05) is 0 Å². The number of rotatable bonds is 2. The lowest BCUT2D eigenvalue weighted by atomic mass is 10.0. The third-order valence-corrected chi connectivity index (χ3v) is 2.51. The van der Waals surface area contributed by atoms with E-state index in [0.717, 1.165) is 24.3 Å². The average molecular weight is 299 g/mol. The molecule has 0 atom stereocenters. The van der Waals surface area contributed by atoms with Gasteiger partial charge >= 0.3 is 6.36 Å². The Hall–Kier alpha value is -2.62. The largest absolute Gasteiger partial charge is 0.573 e. The van der Waals surface area contributed by atoms with Crippen LogP contribution in [0.2, 0.25) is 0 Å². The number of ether oxygens (including phenoxy) is 1. The zero-order valence-corrected chi connectivity index (χ0v) is 10.2. The van der Waals surface area contributed by atoms with Crippen LogP contribution in [0.15, 0.2) is 36.4 Å². The first-order valence-electron chi connectivity index (χ1n) is 5.55. The molecule has 0 amide bonds. The fourth-order valence-corrected chi connectivity index (χ4v) is 1.74. The summed E-state index contributed by atoms with van der Waals surface area (Å²) in [6.07, 6.45) is -4.94. The van der Waals surface area contributed by atoms with Crippen molar-refractivity contribution >= 4 is 0 Å². The maximum Gasteiger partial charge on any atom is 0.573 e. The van der Waals surface area contributed by atoms with E-state index in [1.54, 1.807) is 6.07 Å². The lowest BCUT2D eigenvalue weighted by Gasteiger charge is -2.11. The molecule has 0 fully saturated rings. The molecule has 2 nitrogen and oxygen atoms in total. The summed E-state index contributed by atoms with van der Waals surface area (Å²) in [4.78, 5) is 0. The Morgan fingerprint density at radius 3 is 2.29 bits per heavy atom. The molecule has 0 radical (unpaired) electrons. The highest BCUT2D eigenvalue weighted by molar-refractivity contribution is 5.68. The minimum atomic E-state index is -4.94. The van der Waals surface area contributed by atoms with Crippen molar-refractivity contribution < 1.29 is 26.7 Å². The highest BCUT2D eigenvalue weighted by Crippen LogP contribution is 2.31. The first-order chi connectivity index (χ1) is 9.78. The van der Waals surface area contributed by atoms with Crippen molar-refractivity contribution in [2.24, 2.45) is 0 Å². The van der Waals surface area contributed by atoms with Crippen molar-refractivity contribution in [2.45, 2.75) is 6.36 Å². The fourth-order valence-electron chi connectivity index (χ4n) is 1.74. The van der Waals surface area contributed by atoms with E-state index in [-0.39, 0.29) is 16.7 Å². The Kier molecular flexibility index (Phi) is 3.80. The summed E-state index contributed by atoms with van der Waals surface area (Å²) in [6, 6.07) is 7.25. The van der Waals surface area contributed by atoms with Gasteiger partial charge in [0.1, 0.15) is 17.4 Å². The standard InChI is InChI=1S/C14H6F5NO/c15-10-1-2-12(13(16)6-10)9-3-8(7-20)4-11(5-9)21-14(17,18)19/h1-6H. The number of nitrogens with zero attached hydrogens (tertiary/aromatic N) is 1. The minimum Gasteiger partial charge on any atom is -0.406 e. The molecule has 0 saturated heterocycles. The number of hydrogen-bond acceptors (Lipinski definition) is 2. The molecule has 7 heteroatoms. The summed E-state index contributed by atoms with van der Waals surface area (Å²) in [7, 11) is 0. The van der Waals surface area contributed by atoms with Crippen LogP contribution < -0.4 is 4.74 Å². The molecule has 0 heterocycles. The van der Waals surface area contributed by atoms with Crippen LogP contribution in [-0.2, 0) is 0 Å². The van der Waals surface area contributed by atoms with Crippen molar-refractivity contribution in [3.63, 3.8) is 0 Å². The van der Waals surface area contributed by atoms with Crippen molar-refractivity contribution in [1.82, 2.24) is 0 Å². The van der Waals surface area contributed by atoms with Crippen LogP contribution in [0.1, 0.15) is 5.56 Å². The topological polar surface area (TPSA) is 33.0 Å². The van der Waals surface area contributed by atoms with E-state index in [4.69, 9.17) is 5.26 Å². The van der Waals surface area contributed by atoms with Gasteiger partial charge in [0.2, 0.25) is 0 Å². The van der Waals surface area contributed by atoms with Crippen molar-refractivity contribution in [3.05, 3.63) is 53.6 Å². The Morgan fingerprint density at radius 1 is 1.00 bits per heavy atom. The minimum absolute atomic E-state index is 0.0224. The molecule has 21 heavy (non-hydrogen) atoms. The molecule has 0 saturated carbocycles. The summed E-state index contributed by atoms with van der Waals surface area (Å²) >= 11 is 0. The molecular weight excluding hydrogens is 293 g/mol. The molecule has 2 aromatic carbocycles. The summed E-state index contributed by atoms with van der Waals surface area (Å²) < 4.78 is 66.9. The summed E-state index contributed by atoms with van der Waals surface area (Å²) in [6.45, 7) is 0. The lowest BCUT2D eigenvalue weighted by molar-refractivity contribution is -0.274. The number of benzene rings is 2. The van der Waals surface area contributed by atoms with Crippen LogP contribution in [0.4, 0.5) is 22.0 Å². The zero-order chi connectivity index (χ0) is 15.6. The van der Waals surface area contributed by atoms with Crippen LogP contribution in [-0.4, -0.2) is 6.36 Å². The summed E-state index contributed by atoms with van der Waals surface area (Å²) in [5, 5.41) is 8.80. The fraction of sp³-hybridized carbons (Fsp3) is 0.0714. The Bertz CT molecular complexity index is 718. The number of alkyl halides is 3. The van der Waals surface area contributed by atoms with Gasteiger partial charge in [0, 0.05) is 11.6 Å². The van der Waals surface area contributed by atoms with Crippen LogP contribution in [0.25, 0.3) is 11.1 Å². The van der Waals surface area contributed by atoms with E-state index in [2.05, 4.69) is 4.74 Å². The van der Waals surface area contributed by atoms with Gasteiger partial charge in [0.25, 0.3) is 0 Å². The van der Waals surface area contributed by atoms with E-state index >= 15 is 0 Å². The van der Waals surface area contributed by atoms with E-state index in [0.29, 0.717) is 6.07 Å². The second-order valence-electron chi connectivity index (χ2n) is 4.03. The van der Waals surface area contributed by atoms with Crippen molar-refractivity contribution in [1.29, 1.82) is 5.26 Å². The smallest absolute Gasteiger partial charge is 0.406 e. The first-order valence-corrected chi connectivity index (χ1v) is 5.55. The van der Waals surface area contributed by atoms with Crippen LogP contribution in [0.5, 0.6) is 5.75 Å². The second-order valence-corrected chi connectivity index (χ2v) is 4.03. The monoisotopic (exact) mass is 299 g/mol. The molecule has 0 N–H and O–H groups in total. The van der Waals surface area contributed by atoms with Gasteiger partial charge in [0.15, 0.2) is 0 Å². The van der Waals surface area contributed by atoms with Gasteiger partial charge in [-0.3, -0.25) is 0 Å². The third-order valence-electron chi connectivity index (χ3n) is 2.51. The van der Waals surface area contributed by atoms with Gasteiger partial charge < -0.3 is 4.74 Å². The van der Waals surface area contributed by atoms with Gasteiger partial charge in [0.05, 0.1) is 11.6 Å². The van der Waals surface area contributed by atoms with Crippen LogP contribution in [0.3, 0.4) is 0 Å². The molecule has 0 aromatic heterocycles. The Labute approximate surface area is 116 Å². The lowest BCUT2D eigenvalue weighted by Crippen LogP contribution is -2.17. The van der Waals surface area contributed by atoms with E-state index < -0.39 is 23.7 Å². The predicted octanol–water partition coefficient (Wildman–Crippen LogP) is 4.40.